The molecule has 0 radical (unpaired) electrons. The van der Waals surface area contributed by atoms with Crippen molar-refractivity contribution in [3.63, 3.8) is 0 Å². The Morgan fingerprint density at radius 2 is 1.56 bits per heavy atom. The lowest BCUT2D eigenvalue weighted by Gasteiger charge is -2.12. The fourth-order valence-corrected chi connectivity index (χ4v) is 4.14. The number of benzene rings is 3. The first-order valence-corrected chi connectivity index (χ1v) is 12.3. The monoisotopic (exact) mass is 501 g/mol. The molecule has 3 aromatic carbocycles. The van der Waals surface area contributed by atoms with Crippen LogP contribution in [-0.2, 0) is 16.6 Å². The molecule has 0 spiro atoms. The summed E-state index contributed by atoms with van der Waals surface area (Å²) in [5, 5.41) is 14.6. The van der Waals surface area contributed by atoms with Crippen LogP contribution in [0.25, 0.3) is 11.4 Å². The summed E-state index contributed by atoms with van der Waals surface area (Å²) in [7, 11) is 1.86. The number of hydrogen-bond donors (Lipinski definition) is 2. The lowest BCUT2D eigenvalue weighted by Crippen LogP contribution is -2.22. The summed E-state index contributed by atoms with van der Waals surface area (Å²) in [6.07, 6.45) is 0. The Bertz CT molecular complexity index is 1320. The van der Waals surface area contributed by atoms with E-state index in [2.05, 4.69) is 20.8 Å². The molecule has 0 fully saturated rings. The highest BCUT2D eigenvalue weighted by Crippen LogP contribution is 2.27. The summed E-state index contributed by atoms with van der Waals surface area (Å²) in [5.74, 6) is 0.946. The summed E-state index contributed by atoms with van der Waals surface area (Å²) in [5.41, 5.74) is 3.38. The average Bonchev–Trinajstić information content (AvgIpc) is 3.25. The molecule has 0 aliphatic carbocycles. The lowest BCUT2D eigenvalue weighted by atomic mass is 10.2. The van der Waals surface area contributed by atoms with Crippen LogP contribution in [0, 0.1) is 6.92 Å². The first kappa shape index (κ1) is 25.0. The van der Waals surface area contributed by atoms with Gasteiger partial charge in [0.15, 0.2) is 17.6 Å². The first-order valence-electron chi connectivity index (χ1n) is 11.4. The minimum atomic E-state index is -0.363. The molecule has 0 saturated carbocycles. The molecule has 2 N–H and O–H groups in total. The third-order valence-electron chi connectivity index (χ3n) is 5.35. The third kappa shape index (κ3) is 6.51. The van der Waals surface area contributed by atoms with Crippen molar-refractivity contribution in [1.82, 2.24) is 14.8 Å². The van der Waals surface area contributed by atoms with Crippen LogP contribution in [-0.4, -0.2) is 38.4 Å². The molecule has 9 heteroatoms. The number of nitrogens with one attached hydrogen (secondary N) is 2. The average molecular weight is 502 g/mol. The van der Waals surface area contributed by atoms with Gasteiger partial charge in [0, 0.05) is 24.0 Å². The Hall–Kier alpha value is -4.11. The van der Waals surface area contributed by atoms with Gasteiger partial charge in [-0.3, -0.25) is 9.59 Å². The largest absolute Gasteiger partial charge is 0.484 e. The summed E-state index contributed by atoms with van der Waals surface area (Å²) in [6.45, 7) is 3.76. The van der Waals surface area contributed by atoms with Crippen LogP contribution in [0.2, 0.25) is 0 Å². The van der Waals surface area contributed by atoms with Crippen LogP contribution in [0.4, 0.5) is 11.4 Å². The molecule has 4 aromatic rings. The maximum atomic E-state index is 12.6. The van der Waals surface area contributed by atoms with Crippen LogP contribution in [0.3, 0.4) is 0 Å². The summed E-state index contributed by atoms with van der Waals surface area (Å²) >= 11 is 1.34. The van der Waals surface area contributed by atoms with Crippen LogP contribution >= 0.6 is 11.8 Å². The second-order valence-electron chi connectivity index (χ2n) is 8.21. The molecule has 0 bridgehead atoms. The molecular weight excluding hydrogens is 474 g/mol. The Balaban J connectivity index is 1.33. The smallest absolute Gasteiger partial charge is 0.262 e. The van der Waals surface area contributed by atoms with E-state index in [1.807, 2.05) is 80.1 Å². The van der Waals surface area contributed by atoms with E-state index in [0.29, 0.717) is 22.4 Å². The van der Waals surface area contributed by atoms with Crippen LogP contribution in [0.5, 0.6) is 5.75 Å². The van der Waals surface area contributed by atoms with Crippen molar-refractivity contribution in [1.29, 1.82) is 0 Å². The number of nitrogens with zero attached hydrogens (tertiary/aromatic N) is 3. The van der Waals surface area contributed by atoms with Gasteiger partial charge in [0.05, 0.1) is 5.25 Å². The van der Waals surface area contributed by atoms with E-state index >= 15 is 0 Å². The summed E-state index contributed by atoms with van der Waals surface area (Å²) < 4.78 is 7.32. The van der Waals surface area contributed by atoms with Gasteiger partial charge >= 0.3 is 0 Å². The van der Waals surface area contributed by atoms with Crippen molar-refractivity contribution in [3.05, 3.63) is 84.4 Å². The molecule has 1 aromatic heterocycles. The Morgan fingerprint density at radius 3 is 2.25 bits per heavy atom. The second-order valence-corrected chi connectivity index (χ2v) is 9.52. The van der Waals surface area contributed by atoms with Gasteiger partial charge in [-0.15, -0.1) is 10.2 Å². The Kier molecular flexibility index (Phi) is 8.02. The second kappa shape index (κ2) is 11.5. The van der Waals surface area contributed by atoms with Gasteiger partial charge in [0.1, 0.15) is 5.75 Å². The fraction of sp³-hybridized carbons (Fsp3) is 0.185. The zero-order valence-electron chi connectivity index (χ0n) is 20.3. The molecule has 8 nitrogen and oxygen atoms in total. The van der Waals surface area contributed by atoms with Gasteiger partial charge < -0.3 is 19.9 Å². The standard InChI is InChI=1S/C27H27N5O3S/c1-18-9-13-22(14-10-18)29-26(34)19(2)36-27-31-30-25(32(27)3)20-11-15-21(16-12-20)28-24(33)17-35-23-7-5-4-6-8-23/h4-16,19H,17H2,1-3H3,(H,28,33)(H,29,34)/t19-/m1/s1. The number of para-hydroxylation sites is 1. The molecule has 0 unspecified atom stereocenters. The van der Waals surface area contributed by atoms with Gasteiger partial charge in [-0.25, -0.2) is 0 Å². The van der Waals surface area contributed by atoms with Crippen molar-refractivity contribution in [2.24, 2.45) is 7.05 Å². The highest BCUT2D eigenvalue weighted by atomic mass is 32.2. The van der Waals surface area contributed by atoms with Crippen molar-refractivity contribution in [2.45, 2.75) is 24.3 Å². The quantitative estimate of drug-likeness (QED) is 0.316. The van der Waals surface area contributed by atoms with E-state index < -0.39 is 0 Å². The summed E-state index contributed by atoms with van der Waals surface area (Å²) in [6, 6.07) is 24.2. The van der Waals surface area contributed by atoms with Crippen LogP contribution in [0.1, 0.15) is 12.5 Å². The van der Waals surface area contributed by atoms with Crippen molar-refractivity contribution in [2.75, 3.05) is 17.2 Å². The highest BCUT2D eigenvalue weighted by molar-refractivity contribution is 8.00. The number of hydrogen-bond acceptors (Lipinski definition) is 6. The van der Waals surface area contributed by atoms with Gasteiger partial charge in [-0.05, 0) is 62.4 Å². The van der Waals surface area contributed by atoms with Crippen molar-refractivity contribution < 1.29 is 14.3 Å². The number of aromatic nitrogens is 3. The predicted octanol–water partition coefficient (Wildman–Crippen LogP) is 4.93. The molecule has 36 heavy (non-hydrogen) atoms. The SMILES string of the molecule is Cc1ccc(NC(=O)[C@@H](C)Sc2nnc(-c3ccc(NC(=O)COc4ccccc4)cc3)n2C)cc1. The van der Waals surface area contributed by atoms with E-state index in [1.165, 1.54) is 11.8 Å². The molecule has 4 rings (SSSR count). The molecule has 184 valence electrons. The zero-order valence-corrected chi connectivity index (χ0v) is 21.1. The zero-order chi connectivity index (χ0) is 25.5. The normalized spacial score (nSPS) is 11.5. The molecule has 0 aliphatic heterocycles. The van der Waals surface area contributed by atoms with Gasteiger partial charge in [0.2, 0.25) is 5.91 Å². The molecule has 0 aliphatic rings. The molecule has 0 saturated heterocycles. The Morgan fingerprint density at radius 1 is 0.917 bits per heavy atom. The fourth-order valence-electron chi connectivity index (χ4n) is 3.33. The van der Waals surface area contributed by atoms with E-state index in [4.69, 9.17) is 4.74 Å². The van der Waals surface area contributed by atoms with Crippen molar-refractivity contribution in [3.8, 4) is 17.1 Å². The maximum absolute atomic E-state index is 12.6. The van der Waals surface area contributed by atoms with E-state index in [0.717, 1.165) is 16.8 Å². The van der Waals surface area contributed by atoms with Crippen LogP contribution in [0.15, 0.2) is 84.0 Å². The topological polar surface area (TPSA) is 98.1 Å². The molecular formula is C27H27N5O3S. The van der Waals surface area contributed by atoms with Gasteiger partial charge in [0.25, 0.3) is 5.91 Å². The third-order valence-corrected chi connectivity index (χ3v) is 6.48. The highest BCUT2D eigenvalue weighted by Gasteiger charge is 2.19. The minimum absolute atomic E-state index is 0.0781. The maximum Gasteiger partial charge on any atom is 0.262 e. The number of thioether (sulfide) groups is 1. The molecule has 1 heterocycles. The number of anilines is 2. The number of carbonyl (C=O) groups excluding carboxylic acids is 2. The van der Waals surface area contributed by atoms with E-state index in [1.54, 1.807) is 24.3 Å². The van der Waals surface area contributed by atoms with Gasteiger partial charge in [-0.2, -0.15) is 0 Å². The van der Waals surface area contributed by atoms with E-state index in [-0.39, 0.29) is 23.7 Å². The summed E-state index contributed by atoms with van der Waals surface area (Å²) in [4.78, 5) is 24.8. The lowest BCUT2D eigenvalue weighted by molar-refractivity contribution is -0.118. The Labute approximate surface area is 214 Å². The van der Waals surface area contributed by atoms with Gasteiger partial charge in [-0.1, -0.05) is 47.7 Å². The number of carbonyl (C=O) groups is 2. The van der Waals surface area contributed by atoms with E-state index in [9.17, 15) is 9.59 Å². The number of rotatable bonds is 9. The predicted molar refractivity (Wildman–Crippen MR) is 142 cm³/mol. The number of ether oxygens (including phenoxy) is 1. The molecule has 1 atom stereocenters. The molecule has 2 amide bonds. The first-order chi connectivity index (χ1) is 17.4. The van der Waals surface area contributed by atoms with Crippen molar-refractivity contribution >= 4 is 35.0 Å². The van der Waals surface area contributed by atoms with Crippen LogP contribution < -0.4 is 15.4 Å². The number of amides is 2. The number of aryl methyl sites for hydroxylation is 1. The minimum Gasteiger partial charge on any atom is -0.484 e.